The lowest BCUT2D eigenvalue weighted by Gasteiger charge is -2.16. The largest absolute Gasteiger partial charge is 0.388 e. The summed E-state index contributed by atoms with van der Waals surface area (Å²) in [4.78, 5) is 0. The zero-order valence-corrected chi connectivity index (χ0v) is 9.56. The average Bonchev–Trinajstić information content (AvgIpc) is 2.88. The number of aryl methyl sites for hydroxylation is 1. The average molecular weight is 221 g/mol. The summed E-state index contributed by atoms with van der Waals surface area (Å²) in [7, 11) is 0. The van der Waals surface area contributed by atoms with Gasteiger partial charge in [-0.25, -0.2) is 0 Å². The number of aromatic nitrogens is 1. The van der Waals surface area contributed by atoms with Gasteiger partial charge in [0.2, 0.25) is 0 Å². The van der Waals surface area contributed by atoms with Crippen LogP contribution in [0.1, 0.15) is 42.9 Å². The minimum absolute atomic E-state index is 0.241. The topological polar surface area (TPSA) is 34.4 Å². The van der Waals surface area contributed by atoms with Crippen molar-refractivity contribution in [1.29, 1.82) is 0 Å². The molecular formula is C13H19NO2. The van der Waals surface area contributed by atoms with Gasteiger partial charge in [-0.2, -0.15) is 0 Å². The van der Waals surface area contributed by atoms with Crippen LogP contribution in [-0.2, 0) is 17.7 Å². The minimum atomic E-state index is -0.241. The Morgan fingerprint density at radius 3 is 3.00 bits per heavy atom. The molecule has 16 heavy (non-hydrogen) atoms. The highest BCUT2D eigenvalue weighted by atomic mass is 16.5. The third kappa shape index (κ3) is 1.89. The number of nitrogens with zero attached hydrogens (tertiary/aromatic N) is 1. The Bertz CT molecular complexity index is 366. The lowest BCUT2D eigenvalue weighted by atomic mass is 9.93. The summed E-state index contributed by atoms with van der Waals surface area (Å²) in [6, 6.07) is 0. The predicted octanol–water partition coefficient (Wildman–Crippen LogP) is 2.04. The fourth-order valence-corrected chi connectivity index (χ4v) is 2.85. The predicted molar refractivity (Wildman–Crippen MR) is 61.3 cm³/mol. The minimum Gasteiger partial charge on any atom is -0.388 e. The second-order valence-corrected chi connectivity index (χ2v) is 4.98. The second-order valence-electron chi connectivity index (χ2n) is 4.98. The van der Waals surface area contributed by atoms with Crippen LogP contribution >= 0.6 is 0 Å². The molecule has 2 aliphatic rings. The normalized spacial score (nSPS) is 29.3. The van der Waals surface area contributed by atoms with Crippen LogP contribution in [-0.4, -0.2) is 22.4 Å². The third-order valence-corrected chi connectivity index (χ3v) is 3.72. The molecule has 1 N–H and O–H groups in total. The fraction of sp³-hybridized carbons (Fsp3) is 0.692. The lowest BCUT2D eigenvalue weighted by molar-refractivity contribution is 0.0969. The van der Waals surface area contributed by atoms with Crippen LogP contribution in [0.5, 0.6) is 0 Å². The molecule has 3 rings (SSSR count). The van der Waals surface area contributed by atoms with Crippen molar-refractivity contribution in [3.63, 3.8) is 0 Å². The van der Waals surface area contributed by atoms with E-state index in [1.165, 1.54) is 18.4 Å². The third-order valence-electron chi connectivity index (χ3n) is 3.72. The van der Waals surface area contributed by atoms with Gasteiger partial charge in [0, 0.05) is 31.1 Å². The van der Waals surface area contributed by atoms with Crippen LogP contribution in [0.15, 0.2) is 12.4 Å². The number of rotatable bonds is 2. The monoisotopic (exact) mass is 221 g/mol. The molecule has 1 fully saturated rings. The first-order valence-corrected chi connectivity index (χ1v) is 6.31. The molecule has 0 bridgehead atoms. The highest BCUT2D eigenvalue weighted by Crippen LogP contribution is 2.30. The zero-order chi connectivity index (χ0) is 11.0. The molecule has 1 aliphatic carbocycles. The molecule has 0 saturated carbocycles. The van der Waals surface area contributed by atoms with Crippen LogP contribution in [0, 0.1) is 0 Å². The van der Waals surface area contributed by atoms with Crippen molar-refractivity contribution < 1.29 is 9.84 Å². The summed E-state index contributed by atoms with van der Waals surface area (Å²) in [5.74, 6) is 0. The Morgan fingerprint density at radius 2 is 2.25 bits per heavy atom. The molecule has 0 amide bonds. The molecule has 0 aromatic carbocycles. The van der Waals surface area contributed by atoms with Gasteiger partial charge in [-0.05, 0) is 37.7 Å². The first-order chi connectivity index (χ1) is 7.83. The fourth-order valence-electron chi connectivity index (χ4n) is 2.85. The van der Waals surface area contributed by atoms with E-state index in [9.17, 15) is 5.11 Å². The number of hydrogen-bond donors (Lipinski definition) is 1. The first kappa shape index (κ1) is 10.4. The molecule has 88 valence electrons. The summed E-state index contributed by atoms with van der Waals surface area (Å²) >= 11 is 0. The van der Waals surface area contributed by atoms with Gasteiger partial charge in [-0.15, -0.1) is 0 Å². The number of fused-ring (bicyclic) bond motifs is 1. The van der Waals surface area contributed by atoms with E-state index in [2.05, 4.69) is 17.0 Å². The van der Waals surface area contributed by atoms with Crippen LogP contribution < -0.4 is 0 Å². The molecule has 3 heteroatoms. The molecule has 2 heterocycles. The number of ether oxygens (including phenoxy) is 1. The molecule has 0 spiro atoms. The molecule has 1 aliphatic heterocycles. The SMILES string of the molecule is OC1CCCc2cn(CC3CCCO3)cc21. The van der Waals surface area contributed by atoms with Crippen molar-refractivity contribution in [3.8, 4) is 0 Å². The highest BCUT2D eigenvalue weighted by Gasteiger charge is 2.21. The van der Waals surface area contributed by atoms with Crippen molar-refractivity contribution in [2.24, 2.45) is 0 Å². The molecule has 1 aromatic heterocycles. The Balaban J connectivity index is 1.75. The molecular weight excluding hydrogens is 202 g/mol. The lowest BCUT2D eigenvalue weighted by Crippen LogP contribution is -2.13. The Labute approximate surface area is 96.0 Å². The molecule has 1 saturated heterocycles. The van der Waals surface area contributed by atoms with Gasteiger partial charge in [0.15, 0.2) is 0 Å². The second kappa shape index (κ2) is 4.22. The van der Waals surface area contributed by atoms with E-state index < -0.39 is 0 Å². The molecule has 0 radical (unpaired) electrons. The van der Waals surface area contributed by atoms with E-state index in [-0.39, 0.29) is 6.10 Å². The van der Waals surface area contributed by atoms with Crippen molar-refractivity contribution in [2.75, 3.05) is 6.61 Å². The van der Waals surface area contributed by atoms with Crippen LogP contribution in [0.4, 0.5) is 0 Å². The smallest absolute Gasteiger partial charge is 0.0807 e. The summed E-state index contributed by atoms with van der Waals surface area (Å²) in [5, 5.41) is 9.89. The van der Waals surface area contributed by atoms with Gasteiger partial charge in [0.1, 0.15) is 0 Å². The zero-order valence-electron chi connectivity index (χ0n) is 9.56. The molecule has 2 atom stereocenters. The van der Waals surface area contributed by atoms with Gasteiger partial charge >= 0.3 is 0 Å². The number of hydrogen-bond acceptors (Lipinski definition) is 2. The van der Waals surface area contributed by atoms with E-state index in [0.717, 1.165) is 38.0 Å². The maximum atomic E-state index is 9.89. The quantitative estimate of drug-likeness (QED) is 0.829. The Hall–Kier alpha value is -0.800. The number of aliphatic hydroxyl groups is 1. The van der Waals surface area contributed by atoms with Crippen molar-refractivity contribution in [1.82, 2.24) is 4.57 Å². The number of aliphatic hydroxyl groups excluding tert-OH is 1. The summed E-state index contributed by atoms with van der Waals surface area (Å²) in [6.45, 7) is 1.86. The van der Waals surface area contributed by atoms with E-state index in [4.69, 9.17) is 4.74 Å². The highest BCUT2D eigenvalue weighted by molar-refractivity contribution is 5.29. The van der Waals surface area contributed by atoms with E-state index in [0.29, 0.717) is 6.10 Å². The maximum Gasteiger partial charge on any atom is 0.0807 e. The first-order valence-electron chi connectivity index (χ1n) is 6.31. The standard InChI is InChI=1S/C13H19NO2/c15-13-5-1-3-10-7-14(9-12(10)13)8-11-4-2-6-16-11/h7,9,11,13,15H,1-6,8H2. The maximum absolute atomic E-state index is 9.89. The van der Waals surface area contributed by atoms with Crippen molar-refractivity contribution in [3.05, 3.63) is 23.5 Å². The van der Waals surface area contributed by atoms with Crippen LogP contribution in [0.3, 0.4) is 0 Å². The van der Waals surface area contributed by atoms with E-state index in [1.807, 2.05) is 0 Å². The Kier molecular flexibility index (Phi) is 2.74. The summed E-state index contributed by atoms with van der Waals surface area (Å²) < 4.78 is 7.84. The van der Waals surface area contributed by atoms with Crippen molar-refractivity contribution in [2.45, 2.75) is 50.9 Å². The van der Waals surface area contributed by atoms with E-state index >= 15 is 0 Å². The van der Waals surface area contributed by atoms with Gasteiger partial charge in [-0.1, -0.05) is 0 Å². The van der Waals surface area contributed by atoms with Crippen LogP contribution in [0.2, 0.25) is 0 Å². The molecule has 3 nitrogen and oxygen atoms in total. The van der Waals surface area contributed by atoms with Gasteiger partial charge in [-0.3, -0.25) is 0 Å². The van der Waals surface area contributed by atoms with Gasteiger partial charge < -0.3 is 14.4 Å². The summed E-state index contributed by atoms with van der Waals surface area (Å²) in [5.41, 5.74) is 2.47. The van der Waals surface area contributed by atoms with Crippen LogP contribution in [0.25, 0.3) is 0 Å². The molecule has 1 aromatic rings. The molecule has 2 unspecified atom stereocenters. The Morgan fingerprint density at radius 1 is 1.31 bits per heavy atom. The van der Waals surface area contributed by atoms with E-state index in [1.54, 1.807) is 0 Å². The van der Waals surface area contributed by atoms with Crippen molar-refractivity contribution >= 4 is 0 Å². The van der Waals surface area contributed by atoms with Gasteiger partial charge in [0.25, 0.3) is 0 Å². The van der Waals surface area contributed by atoms with Gasteiger partial charge in [0.05, 0.1) is 12.2 Å². The summed E-state index contributed by atoms with van der Waals surface area (Å²) in [6.07, 6.45) is 9.94.